The first kappa shape index (κ1) is 20.9. The van der Waals surface area contributed by atoms with Crippen LogP contribution in [0.15, 0.2) is 41.6 Å². The number of aromatic nitrogens is 1. The summed E-state index contributed by atoms with van der Waals surface area (Å²) in [6.07, 6.45) is 1.20. The molecule has 0 spiro atoms. The van der Waals surface area contributed by atoms with Gasteiger partial charge in [-0.1, -0.05) is 12.8 Å². The molecule has 3 rings (SSSR count). The molecule has 1 aliphatic carbocycles. The van der Waals surface area contributed by atoms with Crippen molar-refractivity contribution < 1.29 is 22.9 Å². The first-order chi connectivity index (χ1) is 13.8. The van der Waals surface area contributed by atoms with Crippen LogP contribution in [-0.2, 0) is 6.18 Å². The molecule has 0 aliphatic heterocycles. The lowest BCUT2D eigenvalue weighted by Crippen LogP contribution is -2.30. The number of carbonyl (C=O) groups is 1. The molecule has 0 saturated heterocycles. The van der Waals surface area contributed by atoms with Gasteiger partial charge in [0.1, 0.15) is 10.7 Å². The number of hydrazine groups is 1. The maximum absolute atomic E-state index is 12.8. The van der Waals surface area contributed by atoms with Crippen LogP contribution < -0.4 is 10.9 Å². The van der Waals surface area contributed by atoms with Crippen molar-refractivity contribution in [1.82, 2.24) is 10.4 Å². The highest BCUT2D eigenvalue weighted by atomic mass is 32.2. The average Bonchev–Trinajstić information content (AvgIpc) is 3.18. The van der Waals surface area contributed by atoms with E-state index < -0.39 is 28.3 Å². The van der Waals surface area contributed by atoms with Gasteiger partial charge in [-0.05, 0) is 37.1 Å². The van der Waals surface area contributed by atoms with E-state index in [0.717, 1.165) is 31.7 Å². The highest BCUT2D eigenvalue weighted by Gasteiger charge is 2.33. The van der Waals surface area contributed by atoms with E-state index in [9.17, 15) is 28.1 Å². The second kappa shape index (κ2) is 8.68. The monoisotopic (exact) mass is 426 g/mol. The zero-order chi connectivity index (χ0) is 21.0. The number of pyridine rings is 1. The van der Waals surface area contributed by atoms with E-state index in [-0.39, 0.29) is 11.3 Å². The molecule has 1 aromatic carbocycles. The van der Waals surface area contributed by atoms with Crippen LogP contribution in [0.1, 0.15) is 41.6 Å². The van der Waals surface area contributed by atoms with Gasteiger partial charge in [0, 0.05) is 17.5 Å². The molecule has 0 radical (unpaired) electrons. The van der Waals surface area contributed by atoms with Crippen molar-refractivity contribution in [3.63, 3.8) is 0 Å². The second-order valence-corrected chi connectivity index (χ2v) is 7.74. The normalized spacial score (nSPS) is 14.6. The summed E-state index contributed by atoms with van der Waals surface area (Å²) in [5.41, 5.74) is 2.73. The van der Waals surface area contributed by atoms with Gasteiger partial charge in [-0.25, -0.2) is 4.98 Å². The largest absolute Gasteiger partial charge is 0.416 e. The number of nitro groups is 1. The predicted molar refractivity (Wildman–Crippen MR) is 102 cm³/mol. The zero-order valence-electron chi connectivity index (χ0n) is 15.0. The smallest absolute Gasteiger partial charge is 0.292 e. The molecule has 2 aromatic rings. The molecular formula is C18H17F3N4O3S. The Hall–Kier alpha value is -2.82. The van der Waals surface area contributed by atoms with E-state index in [2.05, 4.69) is 15.8 Å². The molecule has 2 N–H and O–H groups in total. The number of nitrogens with one attached hydrogen (secondary N) is 2. The first-order valence-corrected chi connectivity index (χ1v) is 9.67. The van der Waals surface area contributed by atoms with Gasteiger partial charge in [-0.15, -0.1) is 11.8 Å². The molecule has 1 aromatic heterocycles. The molecule has 7 nitrogen and oxygen atoms in total. The Balaban J connectivity index is 1.75. The van der Waals surface area contributed by atoms with Gasteiger partial charge in [0.15, 0.2) is 0 Å². The number of hydrogen-bond donors (Lipinski definition) is 2. The van der Waals surface area contributed by atoms with Crippen molar-refractivity contribution in [2.75, 3.05) is 5.43 Å². The Morgan fingerprint density at radius 1 is 1.24 bits per heavy atom. The molecule has 1 heterocycles. The summed E-state index contributed by atoms with van der Waals surface area (Å²) < 4.78 is 38.4. The summed E-state index contributed by atoms with van der Waals surface area (Å²) in [6, 6.07) is 5.18. The predicted octanol–water partition coefficient (Wildman–Crippen LogP) is 4.80. The van der Waals surface area contributed by atoms with Crippen LogP contribution in [0.3, 0.4) is 0 Å². The van der Waals surface area contributed by atoms with Gasteiger partial charge in [0.2, 0.25) is 0 Å². The van der Waals surface area contributed by atoms with Gasteiger partial charge in [0.25, 0.3) is 11.6 Å². The van der Waals surface area contributed by atoms with Crippen molar-refractivity contribution in [3.8, 4) is 0 Å². The number of nitrogens with zero attached hydrogens (tertiary/aromatic N) is 2. The van der Waals surface area contributed by atoms with Crippen LogP contribution in [0.4, 0.5) is 24.5 Å². The van der Waals surface area contributed by atoms with Crippen LogP contribution in [0, 0.1) is 10.1 Å². The Kier molecular flexibility index (Phi) is 6.26. The van der Waals surface area contributed by atoms with Crippen molar-refractivity contribution in [3.05, 3.63) is 57.8 Å². The summed E-state index contributed by atoms with van der Waals surface area (Å²) in [6.45, 7) is 0. The SMILES string of the molecule is O=C(NNc1ccc(C(F)(F)F)cc1[N+](=O)[O-])c1cccnc1SC1CCCC1. The molecule has 1 fully saturated rings. The molecule has 154 valence electrons. The van der Waals surface area contributed by atoms with Crippen molar-refractivity contribution in [2.24, 2.45) is 0 Å². The highest BCUT2D eigenvalue weighted by molar-refractivity contribution is 7.99. The molecule has 1 amide bonds. The lowest BCUT2D eigenvalue weighted by molar-refractivity contribution is -0.384. The summed E-state index contributed by atoms with van der Waals surface area (Å²) >= 11 is 1.51. The minimum atomic E-state index is -4.71. The van der Waals surface area contributed by atoms with Crippen molar-refractivity contribution in [2.45, 2.75) is 42.1 Å². The van der Waals surface area contributed by atoms with Gasteiger partial charge >= 0.3 is 6.18 Å². The number of hydrogen-bond acceptors (Lipinski definition) is 6. The molecule has 1 saturated carbocycles. The van der Waals surface area contributed by atoms with Crippen LogP contribution in [0.25, 0.3) is 0 Å². The molecule has 0 atom stereocenters. The lowest BCUT2D eigenvalue weighted by atomic mass is 10.1. The third-order valence-electron chi connectivity index (χ3n) is 4.43. The maximum Gasteiger partial charge on any atom is 0.416 e. The topological polar surface area (TPSA) is 97.2 Å². The van der Waals surface area contributed by atoms with E-state index in [4.69, 9.17) is 0 Å². The van der Waals surface area contributed by atoms with E-state index in [1.165, 1.54) is 11.8 Å². The van der Waals surface area contributed by atoms with Gasteiger partial charge in [0.05, 0.1) is 16.1 Å². The molecule has 0 bridgehead atoms. The van der Waals surface area contributed by atoms with E-state index in [1.807, 2.05) is 0 Å². The number of alkyl halides is 3. The summed E-state index contributed by atoms with van der Waals surface area (Å²) in [5.74, 6) is -0.590. The Morgan fingerprint density at radius 3 is 2.62 bits per heavy atom. The van der Waals surface area contributed by atoms with Gasteiger partial charge in [-0.3, -0.25) is 25.8 Å². The van der Waals surface area contributed by atoms with Crippen LogP contribution in [0.5, 0.6) is 0 Å². The minimum Gasteiger partial charge on any atom is -0.292 e. The molecule has 29 heavy (non-hydrogen) atoms. The molecule has 0 unspecified atom stereocenters. The summed E-state index contributed by atoms with van der Waals surface area (Å²) in [7, 11) is 0. The fraction of sp³-hybridized carbons (Fsp3) is 0.333. The van der Waals surface area contributed by atoms with Crippen molar-refractivity contribution >= 4 is 29.0 Å². The number of rotatable bonds is 6. The number of amides is 1. The number of thioether (sulfide) groups is 1. The zero-order valence-corrected chi connectivity index (χ0v) is 15.8. The maximum atomic E-state index is 12.8. The molecule has 1 aliphatic rings. The average molecular weight is 426 g/mol. The molecular weight excluding hydrogens is 409 g/mol. The third-order valence-corrected chi connectivity index (χ3v) is 5.78. The first-order valence-electron chi connectivity index (χ1n) is 8.79. The second-order valence-electron chi connectivity index (χ2n) is 6.45. The Labute approximate surface area is 168 Å². The summed E-state index contributed by atoms with van der Waals surface area (Å²) in [5, 5.41) is 12.1. The number of carbonyl (C=O) groups excluding carboxylic acids is 1. The number of benzene rings is 1. The number of halogens is 3. The minimum absolute atomic E-state index is 0.259. The van der Waals surface area contributed by atoms with E-state index in [0.29, 0.717) is 22.4 Å². The number of nitro benzene ring substituents is 1. The Bertz CT molecular complexity index is 917. The third kappa shape index (κ3) is 5.17. The highest BCUT2D eigenvalue weighted by Crippen LogP contribution is 2.36. The summed E-state index contributed by atoms with van der Waals surface area (Å²) in [4.78, 5) is 27.0. The fourth-order valence-electron chi connectivity index (χ4n) is 2.98. The van der Waals surface area contributed by atoms with Crippen molar-refractivity contribution in [1.29, 1.82) is 0 Å². The van der Waals surface area contributed by atoms with Gasteiger partial charge in [-0.2, -0.15) is 13.2 Å². The van der Waals surface area contributed by atoms with Crippen LogP contribution in [-0.4, -0.2) is 21.1 Å². The van der Waals surface area contributed by atoms with E-state index in [1.54, 1.807) is 18.3 Å². The lowest BCUT2D eigenvalue weighted by Gasteiger charge is -2.14. The number of anilines is 1. The fourth-order valence-corrected chi connectivity index (χ4v) is 4.27. The van der Waals surface area contributed by atoms with E-state index >= 15 is 0 Å². The van der Waals surface area contributed by atoms with Crippen LogP contribution >= 0.6 is 11.8 Å². The van der Waals surface area contributed by atoms with Gasteiger partial charge < -0.3 is 0 Å². The Morgan fingerprint density at radius 2 is 1.97 bits per heavy atom. The standard InChI is InChI=1S/C18H17F3N4O3S/c19-18(20,21)11-7-8-14(15(10-11)25(27)28)23-24-16(26)13-6-3-9-22-17(13)29-12-4-1-2-5-12/h3,6-10,12,23H,1-2,4-5H2,(H,24,26). The molecule has 11 heteroatoms. The quantitative estimate of drug-likeness (QED) is 0.509. The van der Waals surface area contributed by atoms with Crippen LogP contribution in [0.2, 0.25) is 0 Å².